The standard InChI is InChI=1S/C22H31FN4O3/c1-5-26(6-2)12-8-9-16(3)27(22(29)18-10-7-11-19(23)14-18)15-21(28)24-20-13-17(4)30-25-20/h7,10-11,13-14,16H,5-6,8-9,12,15H2,1-4H3,(H,24,25,28)/t16-/m1/s1. The van der Waals surface area contributed by atoms with Crippen LogP contribution in [0, 0.1) is 12.7 Å². The average molecular weight is 419 g/mol. The number of benzene rings is 1. The molecule has 1 atom stereocenters. The number of rotatable bonds is 11. The molecule has 0 unspecified atom stereocenters. The topological polar surface area (TPSA) is 78.7 Å². The summed E-state index contributed by atoms with van der Waals surface area (Å²) < 4.78 is 18.6. The maximum absolute atomic E-state index is 13.6. The number of halogens is 1. The van der Waals surface area contributed by atoms with Crippen LogP contribution >= 0.6 is 0 Å². The molecule has 1 heterocycles. The zero-order valence-corrected chi connectivity index (χ0v) is 18.2. The molecule has 0 radical (unpaired) electrons. The minimum Gasteiger partial charge on any atom is -0.360 e. The molecule has 1 aromatic carbocycles. The van der Waals surface area contributed by atoms with Crippen molar-refractivity contribution in [1.29, 1.82) is 0 Å². The monoisotopic (exact) mass is 418 g/mol. The second-order valence-corrected chi connectivity index (χ2v) is 7.33. The van der Waals surface area contributed by atoms with Crippen LogP contribution < -0.4 is 5.32 Å². The van der Waals surface area contributed by atoms with Crippen molar-refractivity contribution in [1.82, 2.24) is 15.0 Å². The van der Waals surface area contributed by atoms with Crippen molar-refractivity contribution in [3.05, 3.63) is 47.5 Å². The third-order valence-electron chi connectivity index (χ3n) is 5.06. The van der Waals surface area contributed by atoms with Crippen LogP contribution in [0.25, 0.3) is 0 Å². The molecule has 0 aliphatic rings. The van der Waals surface area contributed by atoms with Crippen molar-refractivity contribution in [2.75, 3.05) is 31.5 Å². The van der Waals surface area contributed by atoms with E-state index in [-0.39, 0.29) is 30.0 Å². The van der Waals surface area contributed by atoms with E-state index in [9.17, 15) is 14.0 Å². The van der Waals surface area contributed by atoms with E-state index in [2.05, 4.69) is 29.2 Å². The molecule has 0 fully saturated rings. The zero-order valence-electron chi connectivity index (χ0n) is 18.2. The van der Waals surface area contributed by atoms with E-state index < -0.39 is 5.82 Å². The number of aromatic nitrogens is 1. The van der Waals surface area contributed by atoms with Crippen LogP contribution in [0.1, 0.15) is 49.7 Å². The van der Waals surface area contributed by atoms with Gasteiger partial charge in [-0.2, -0.15) is 0 Å². The number of hydrogen-bond donors (Lipinski definition) is 1. The minimum absolute atomic E-state index is 0.159. The summed E-state index contributed by atoms with van der Waals surface area (Å²) >= 11 is 0. The van der Waals surface area contributed by atoms with Gasteiger partial charge < -0.3 is 19.6 Å². The third-order valence-corrected chi connectivity index (χ3v) is 5.06. The molecule has 2 aromatic rings. The maximum atomic E-state index is 13.6. The highest BCUT2D eigenvalue weighted by molar-refractivity contribution is 5.99. The molecule has 0 saturated heterocycles. The van der Waals surface area contributed by atoms with Crippen molar-refractivity contribution < 1.29 is 18.5 Å². The van der Waals surface area contributed by atoms with Gasteiger partial charge in [-0.1, -0.05) is 25.1 Å². The molecule has 0 bridgehead atoms. The summed E-state index contributed by atoms with van der Waals surface area (Å²) in [6.07, 6.45) is 1.62. The van der Waals surface area contributed by atoms with Crippen LogP contribution in [0.3, 0.4) is 0 Å². The number of hydrogen-bond acceptors (Lipinski definition) is 5. The predicted molar refractivity (Wildman–Crippen MR) is 114 cm³/mol. The fourth-order valence-electron chi connectivity index (χ4n) is 3.28. The van der Waals surface area contributed by atoms with Crippen molar-refractivity contribution in [2.45, 2.75) is 46.6 Å². The predicted octanol–water partition coefficient (Wildman–Crippen LogP) is 3.71. The number of nitrogens with zero attached hydrogens (tertiary/aromatic N) is 3. The molecular formula is C22H31FN4O3. The van der Waals surface area contributed by atoms with Crippen molar-refractivity contribution in [2.24, 2.45) is 0 Å². The van der Waals surface area contributed by atoms with Crippen LogP contribution in [-0.2, 0) is 4.79 Å². The van der Waals surface area contributed by atoms with Gasteiger partial charge >= 0.3 is 0 Å². The Bertz CT molecular complexity index is 835. The molecule has 8 heteroatoms. The highest BCUT2D eigenvalue weighted by atomic mass is 19.1. The highest BCUT2D eigenvalue weighted by Crippen LogP contribution is 2.15. The van der Waals surface area contributed by atoms with Crippen molar-refractivity contribution >= 4 is 17.6 Å². The SMILES string of the molecule is CCN(CC)CCC[C@@H](C)N(CC(=O)Nc1cc(C)on1)C(=O)c1cccc(F)c1. The first-order valence-electron chi connectivity index (χ1n) is 10.4. The highest BCUT2D eigenvalue weighted by Gasteiger charge is 2.25. The number of anilines is 1. The Morgan fingerprint density at radius 2 is 1.97 bits per heavy atom. The maximum Gasteiger partial charge on any atom is 0.254 e. The third kappa shape index (κ3) is 6.95. The van der Waals surface area contributed by atoms with Gasteiger partial charge in [0, 0.05) is 17.7 Å². The molecule has 0 spiro atoms. The lowest BCUT2D eigenvalue weighted by Gasteiger charge is -2.29. The lowest BCUT2D eigenvalue weighted by Crippen LogP contribution is -2.44. The van der Waals surface area contributed by atoms with E-state index in [1.165, 1.54) is 23.1 Å². The summed E-state index contributed by atoms with van der Waals surface area (Å²) in [4.78, 5) is 29.4. The van der Waals surface area contributed by atoms with Gasteiger partial charge in [-0.25, -0.2) is 4.39 Å². The van der Waals surface area contributed by atoms with Crippen molar-refractivity contribution in [3.8, 4) is 0 Å². The molecule has 1 aromatic heterocycles. The van der Waals surface area contributed by atoms with Crippen molar-refractivity contribution in [3.63, 3.8) is 0 Å². The lowest BCUT2D eigenvalue weighted by atomic mass is 10.1. The van der Waals surface area contributed by atoms with Gasteiger partial charge in [0.1, 0.15) is 18.1 Å². The van der Waals surface area contributed by atoms with Gasteiger partial charge in [0.2, 0.25) is 5.91 Å². The molecule has 0 aliphatic carbocycles. The zero-order chi connectivity index (χ0) is 22.1. The Hall–Kier alpha value is -2.74. The van der Waals surface area contributed by atoms with Gasteiger partial charge in [-0.3, -0.25) is 9.59 Å². The summed E-state index contributed by atoms with van der Waals surface area (Å²) in [6, 6.07) is 6.93. The lowest BCUT2D eigenvalue weighted by molar-refractivity contribution is -0.117. The quantitative estimate of drug-likeness (QED) is 0.602. The van der Waals surface area contributed by atoms with E-state index in [1.807, 2.05) is 6.92 Å². The summed E-state index contributed by atoms with van der Waals surface area (Å²) in [5.41, 5.74) is 0.218. The van der Waals surface area contributed by atoms with Gasteiger partial charge in [0.25, 0.3) is 5.91 Å². The normalized spacial score (nSPS) is 12.1. The van der Waals surface area contributed by atoms with Crippen LogP contribution in [0.4, 0.5) is 10.2 Å². The molecule has 164 valence electrons. The number of nitrogens with one attached hydrogen (secondary N) is 1. The largest absolute Gasteiger partial charge is 0.360 e. The van der Waals surface area contributed by atoms with E-state index >= 15 is 0 Å². The van der Waals surface area contributed by atoms with Gasteiger partial charge in [-0.15, -0.1) is 0 Å². The number of aryl methyl sites for hydroxylation is 1. The Morgan fingerprint density at radius 1 is 1.23 bits per heavy atom. The number of carbonyl (C=O) groups excluding carboxylic acids is 2. The van der Waals surface area contributed by atoms with Gasteiger partial charge in [-0.05, 0) is 64.5 Å². The number of amides is 2. The van der Waals surface area contributed by atoms with Crippen LogP contribution in [0.15, 0.2) is 34.9 Å². The fraction of sp³-hybridized carbons (Fsp3) is 0.500. The Balaban J connectivity index is 2.10. The van der Waals surface area contributed by atoms with E-state index in [1.54, 1.807) is 19.1 Å². The molecule has 7 nitrogen and oxygen atoms in total. The van der Waals surface area contributed by atoms with E-state index in [4.69, 9.17) is 4.52 Å². The first-order valence-corrected chi connectivity index (χ1v) is 10.4. The molecule has 30 heavy (non-hydrogen) atoms. The summed E-state index contributed by atoms with van der Waals surface area (Å²) in [7, 11) is 0. The molecular weight excluding hydrogens is 387 g/mol. The summed E-state index contributed by atoms with van der Waals surface area (Å²) in [5.74, 6) is -0.384. The Kier molecular flexibility index (Phi) is 8.98. The van der Waals surface area contributed by atoms with Crippen LogP contribution in [0.2, 0.25) is 0 Å². The van der Waals surface area contributed by atoms with Gasteiger partial charge in [0.05, 0.1) is 0 Å². The Labute approximate surface area is 177 Å². The second-order valence-electron chi connectivity index (χ2n) is 7.33. The molecule has 0 aliphatic heterocycles. The van der Waals surface area contributed by atoms with Crippen LogP contribution in [0.5, 0.6) is 0 Å². The van der Waals surface area contributed by atoms with E-state index in [0.717, 1.165) is 32.5 Å². The first kappa shape index (κ1) is 23.5. The number of carbonyl (C=O) groups is 2. The molecule has 2 amide bonds. The first-order chi connectivity index (χ1) is 14.3. The van der Waals surface area contributed by atoms with Gasteiger partial charge in [0.15, 0.2) is 5.82 Å². The summed E-state index contributed by atoms with van der Waals surface area (Å²) in [6.45, 7) is 10.6. The Morgan fingerprint density at radius 3 is 2.57 bits per heavy atom. The molecule has 0 saturated carbocycles. The van der Waals surface area contributed by atoms with Crippen LogP contribution in [-0.4, -0.2) is 59.0 Å². The molecule has 1 N–H and O–H groups in total. The average Bonchev–Trinajstić information content (AvgIpc) is 3.13. The van der Waals surface area contributed by atoms with E-state index in [0.29, 0.717) is 11.6 Å². The summed E-state index contributed by atoms with van der Waals surface area (Å²) in [5, 5.41) is 6.38. The second kappa shape index (κ2) is 11.4. The fourth-order valence-corrected chi connectivity index (χ4v) is 3.28. The smallest absolute Gasteiger partial charge is 0.254 e. The minimum atomic E-state index is -0.488. The molecule has 2 rings (SSSR count).